The molecule has 0 unspecified atom stereocenters. The summed E-state index contributed by atoms with van der Waals surface area (Å²) < 4.78 is 40.4. The van der Waals surface area contributed by atoms with Gasteiger partial charge in [-0.3, -0.25) is 4.79 Å². The molecule has 0 atom stereocenters. The minimum absolute atomic E-state index is 0.118. The Hall–Kier alpha value is -3.36. The van der Waals surface area contributed by atoms with Gasteiger partial charge in [0.25, 0.3) is 0 Å². The number of carbonyl (C=O) groups is 1. The van der Waals surface area contributed by atoms with Gasteiger partial charge < -0.3 is 15.0 Å². The summed E-state index contributed by atoms with van der Waals surface area (Å²) in [4.78, 5) is 21.3. The molecule has 0 radical (unpaired) electrons. The van der Waals surface area contributed by atoms with Gasteiger partial charge in [0, 0.05) is 30.9 Å². The Morgan fingerprint density at radius 3 is 2.71 bits per heavy atom. The Balaban J connectivity index is 1.75. The Kier molecular flexibility index (Phi) is 5.62. The van der Waals surface area contributed by atoms with E-state index in [4.69, 9.17) is 0 Å². The highest BCUT2D eigenvalue weighted by Gasteiger charge is 2.31. The number of amides is 1. The number of rotatable bonds is 5. The third-order valence-corrected chi connectivity index (χ3v) is 4.07. The average molecular weight is 390 g/mol. The molecule has 6 nitrogen and oxygen atoms in total. The first-order chi connectivity index (χ1) is 13.4. The van der Waals surface area contributed by atoms with Gasteiger partial charge in [0.1, 0.15) is 5.82 Å². The third kappa shape index (κ3) is 4.87. The topological polar surface area (TPSA) is 67.4 Å². The highest BCUT2D eigenvalue weighted by Crippen LogP contribution is 2.29. The van der Waals surface area contributed by atoms with Crippen molar-refractivity contribution in [2.24, 2.45) is 0 Å². The molecule has 0 aromatic carbocycles. The second-order valence-electron chi connectivity index (χ2n) is 5.93. The highest BCUT2D eigenvalue weighted by atomic mass is 19.4. The van der Waals surface area contributed by atoms with E-state index in [9.17, 15) is 18.0 Å². The molecule has 0 saturated heterocycles. The molecule has 0 spiro atoms. The smallest absolute Gasteiger partial charge is 0.388 e. The SMILES string of the molecule is C=CC(=O)N1CC=C(c2cccnc2Nc2ccc(OC(F)(F)F)nc2)CC1. The summed E-state index contributed by atoms with van der Waals surface area (Å²) in [5.74, 6) is -0.114. The van der Waals surface area contributed by atoms with Gasteiger partial charge in [0.15, 0.2) is 0 Å². The number of halogens is 3. The lowest BCUT2D eigenvalue weighted by Crippen LogP contribution is -2.33. The van der Waals surface area contributed by atoms with Crippen LogP contribution in [0.5, 0.6) is 5.88 Å². The third-order valence-electron chi connectivity index (χ3n) is 4.07. The fraction of sp³-hybridized carbons (Fsp3) is 0.211. The van der Waals surface area contributed by atoms with Crippen LogP contribution in [0.1, 0.15) is 12.0 Å². The monoisotopic (exact) mass is 390 g/mol. The van der Waals surface area contributed by atoms with Gasteiger partial charge in [-0.1, -0.05) is 12.7 Å². The van der Waals surface area contributed by atoms with Crippen molar-refractivity contribution < 1.29 is 22.7 Å². The van der Waals surface area contributed by atoms with Crippen LogP contribution in [0.25, 0.3) is 5.57 Å². The maximum Gasteiger partial charge on any atom is 0.574 e. The summed E-state index contributed by atoms with van der Waals surface area (Å²) in [5, 5.41) is 3.06. The number of alkyl halides is 3. The van der Waals surface area contributed by atoms with Crippen LogP contribution in [-0.2, 0) is 4.79 Å². The average Bonchev–Trinajstić information content (AvgIpc) is 2.68. The molecule has 1 aliphatic heterocycles. The molecule has 0 aliphatic carbocycles. The van der Waals surface area contributed by atoms with E-state index in [1.165, 1.54) is 18.3 Å². The number of carbonyl (C=O) groups excluding carboxylic acids is 1. The van der Waals surface area contributed by atoms with Crippen molar-refractivity contribution in [3.05, 3.63) is 61.0 Å². The van der Waals surface area contributed by atoms with Crippen LogP contribution in [0.2, 0.25) is 0 Å². The zero-order valence-electron chi connectivity index (χ0n) is 14.7. The predicted molar refractivity (Wildman–Crippen MR) is 97.8 cm³/mol. The fourth-order valence-electron chi connectivity index (χ4n) is 2.78. The number of anilines is 2. The Morgan fingerprint density at radius 2 is 2.11 bits per heavy atom. The minimum atomic E-state index is -4.79. The summed E-state index contributed by atoms with van der Waals surface area (Å²) in [6, 6.07) is 6.23. The van der Waals surface area contributed by atoms with Crippen LogP contribution in [0.15, 0.2) is 55.4 Å². The van der Waals surface area contributed by atoms with E-state index in [1.807, 2.05) is 12.1 Å². The molecule has 146 valence electrons. The normalized spacial score (nSPS) is 14.2. The number of ether oxygens (including phenoxy) is 1. The lowest BCUT2D eigenvalue weighted by atomic mass is 10.00. The molecule has 0 bridgehead atoms. The number of hydrogen-bond acceptors (Lipinski definition) is 5. The molecule has 1 aliphatic rings. The van der Waals surface area contributed by atoms with Crippen molar-refractivity contribution in [1.29, 1.82) is 0 Å². The summed E-state index contributed by atoms with van der Waals surface area (Å²) in [6.45, 7) is 4.53. The van der Waals surface area contributed by atoms with E-state index in [-0.39, 0.29) is 5.91 Å². The van der Waals surface area contributed by atoms with Gasteiger partial charge in [0.2, 0.25) is 11.8 Å². The first-order valence-corrected chi connectivity index (χ1v) is 8.40. The molecule has 0 fully saturated rings. The standard InChI is InChI=1S/C19H17F3N4O2/c1-2-17(27)26-10-7-13(8-11-26)15-4-3-9-23-18(15)25-14-5-6-16(24-12-14)28-19(20,21)22/h2-7,9,12H,1,8,10-11H2,(H,23,25). The Labute approximate surface area is 159 Å². The first kappa shape index (κ1) is 19.4. The van der Waals surface area contributed by atoms with E-state index >= 15 is 0 Å². The maximum atomic E-state index is 12.2. The van der Waals surface area contributed by atoms with Crippen molar-refractivity contribution in [2.45, 2.75) is 12.8 Å². The summed E-state index contributed by atoms with van der Waals surface area (Å²) >= 11 is 0. The van der Waals surface area contributed by atoms with Crippen molar-refractivity contribution in [2.75, 3.05) is 18.4 Å². The fourth-order valence-corrected chi connectivity index (χ4v) is 2.78. The van der Waals surface area contributed by atoms with Crippen molar-refractivity contribution in [3.8, 4) is 5.88 Å². The molecule has 2 aromatic rings. The van der Waals surface area contributed by atoms with Crippen LogP contribution >= 0.6 is 0 Å². The number of aromatic nitrogens is 2. The molecular formula is C19H17F3N4O2. The van der Waals surface area contributed by atoms with Gasteiger partial charge in [0.05, 0.1) is 11.9 Å². The number of hydrogen-bond donors (Lipinski definition) is 1. The van der Waals surface area contributed by atoms with Crippen LogP contribution < -0.4 is 10.1 Å². The molecule has 0 saturated carbocycles. The van der Waals surface area contributed by atoms with Gasteiger partial charge >= 0.3 is 6.36 Å². The lowest BCUT2D eigenvalue weighted by molar-refractivity contribution is -0.276. The number of pyridine rings is 2. The van der Waals surface area contributed by atoms with E-state index in [0.29, 0.717) is 31.0 Å². The largest absolute Gasteiger partial charge is 0.574 e. The molecule has 3 rings (SSSR count). The first-order valence-electron chi connectivity index (χ1n) is 8.40. The summed E-state index contributed by atoms with van der Waals surface area (Å²) in [7, 11) is 0. The van der Waals surface area contributed by atoms with Crippen molar-refractivity contribution >= 4 is 23.0 Å². The molecule has 2 aromatic heterocycles. The molecule has 3 heterocycles. The van der Waals surface area contributed by atoms with Gasteiger partial charge in [-0.05, 0) is 36.3 Å². The zero-order chi connectivity index (χ0) is 20.1. The Bertz CT molecular complexity index is 895. The molecule has 9 heteroatoms. The second kappa shape index (κ2) is 8.12. The highest BCUT2D eigenvalue weighted by molar-refractivity contribution is 5.88. The van der Waals surface area contributed by atoms with Crippen molar-refractivity contribution in [3.63, 3.8) is 0 Å². The van der Waals surface area contributed by atoms with Gasteiger partial charge in [-0.2, -0.15) is 0 Å². The summed E-state index contributed by atoms with van der Waals surface area (Å²) in [6.07, 6.45) is 1.94. The maximum absolute atomic E-state index is 12.2. The second-order valence-corrected chi connectivity index (χ2v) is 5.93. The quantitative estimate of drug-likeness (QED) is 0.784. The van der Waals surface area contributed by atoms with Crippen LogP contribution in [0.4, 0.5) is 24.7 Å². The predicted octanol–water partition coefficient (Wildman–Crippen LogP) is 3.92. The number of nitrogens with one attached hydrogen (secondary N) is 1. The van der Waals surface area contributed by atoms with Crippen LogP contribution in [0.3, 0.4) is 0 Å². The van der Waals surface area contributed by atoms with Crippen LogP contribution in [-0.4, -0.2) is 40.2 Å². The van der Waals surface area contributed by atoms with E-state index in [0.717, 1.165) is 17.2 Å². The molecule has 28 heavy (non-hydrogen) atoms. The Morgan fingerprint density at radius 1 is 1.29 bits per heavy atom. The van der Waals surface area contributed by atoms with E-state index in [1.54, 1.807) is 17.2 Å². The van der Waals surface area contributed by atoms with Crippen LogP contribution in [0, 0.1) is 0 Å². The van der Waals surface area contributed by atoms with Crippen molar-refractivity contribution in [1.82, 2.24) is 14.9 Å². The molecular weight excluding hydrogens is 373 g/mol. The lowest BCUT2D eigenvalue weighted by Gasteiger charge is -2.26. The summed E-state index contributed by atoms with van der Waals surface area (Å²) in [5.41, 5.74) is 2.34. The minimum Gasteiger partial charge on any atom is -0.388 e. The van der Waals surface area contributed by atoms with Gasteiger partial charge in [-0.15, -0.1) is 13.2 Å². The molecule has 1 amide bonds. The van der Waals surface area contributed by atoms with E-state index < -0.39 is 12.2 Å². The zero-order valence-corrected chi connectivity index (χ0v) is 14.7. The van der Waals surface area contributed by atoms with E-state index in [2.05, 4.69) is 26.6 Å². The number of nitrogens with zero attached hydrogens (tertiary/aromatic N) is 3. The molecule has 1 N–H and O–H groups in total. The van der Waals surface area contributed by atoms with Gasteiger partial charge in [-0.25, -0.2) is 9.97 Å².